The van der Waals surface area contributed by atoms with E-state index in [1.54, 1.807) is 4.31 Å². The third-order valence-electron chi connectivity index (χ3n) is 3.73. The van der Waals surface area contributed by atoms with E-state index in [1.165, 1.54) is 0 Å². The number of nitrogens with zero attached hydrogens (tertiary/aromatic N) is 2. The Bertz CT molecular complexity index is 376. The lowest BCUT2D eigenvalue weighted by Crippen LogP contribution is -2.37. The summed E-state index contributed by atoms with van der Waals surface area (Å²) in [5.41, 5.74) is 5.59. The average Bonchev–Trinajstić information content (AvgIpc) is 2.59. The minimum atomic E-state index is -3.10. The fraction of sp³-hybridized carbons (Fsp3) is 1.00. The van der Waals surface area contributed by atoms with E-state index in [2.05, 4.69) is 25.7 Å². The fourth-order valence-electron chi connectivity index (χ4n) is 2.33. The standard InChI is InChI=1S/C14H31N3O2S/c1-14(2,3)6-13-20(18,19)17-10-5-9-16(11-12-17)8-4-7-15/h4-13,15H2,1-3H3. The molecule has 0 aromatic rings. The molecule has 1 aliphatic heterocycles. The van der Waals surface area contributed by atoms with Crippen LogP contribution in [0, 0.1) is 5.41 Å². The first-order valence-electron chi connectivity index (χ1n) is 7.65. The third kappa shape index (κ3) is 6.52. The Balaban J connectivity index is 2.50. The Morgan fingerprint density at radius 1 is 1.10 bits per heavy atom. The Kier molecular flexibility index (Phi) is 6.91. The number of nitrogens with two attached hydrogens (primary N) is 1. The number of sulfonamides is 1. The molecule has 1 fully saturated rings. The van der Waals surface area contributed by atoms with Crippen molar-refractivity contribution in [1.82, 2.24) is 9.21 Å². The summed E-state index contributed by atoms with van der Waals surface area (Å²) in [6.07, 6.45) is 2.61. The Morgan fingerprint density at radius 3 is 2.40 bits per heavy atom. The van der Waals surface area contributed by atoms with Gasteiger partial charge in [-0.05, 0) is 44.3 Å². The lowest BCUT2D eigenvalue weighted by atomic mass is 9.94. The zero-order valence-corrected chi connectivity index (χ0v) is 14.1. The molecule has 6 heteroatoms. The highest BCUT2D eigenvalue weighted by molar-refractivity contribution is 7.89. The monoisotopic (exact) mass is 305 g/mol. The largest absolute Gasteiger partial charge is 0.330 e. The Morgan fingerprint density at radius 2 is 1.80 bits per heavy atom. The third-order valence-corrected chi connectivity index (χ3v) is 5.60. The molecule has 0 radical (unpaired) electrons. The van der Waals surface area contributed by atoms with Gasteiger partial charge in [0.05, 0.1) is 5.75 Å². The number of hydrogen-bond donors (Lipinski definition) is 1. The Hall–Kier alpha value is -0.170. The van der Waals surface area contributed by atoms with Crippen molar-refractivity contribution in [1.29, 1.82) is 0 Å². The van der Waals surface area contributed by atoms with Gasteiger partial charge in [-0.25, -0.2) is 12.7 Å². The molecule has 0 aliphatic carbocycles. The highest BCUT2D eigenvalue weighted by Gasteiger charge is 2.26. The molecule has 0 unspecified atom stereocenters. The maximum Gasteiger partial charge on any atom is 0.214 e. The van der Waals surface area contributed by atoms with E-state index in [4.69, 9.17) is 5.73 Å². The van der Waals surface area contributed by atoms with E-state index >= 15 is 0 Å². The van der Waals surface area contributed by atoms with Crippen LogP contribution in [0.4, 0.5) is 0 Å². The summed E-state index contributed by atoms with van der Waals surface area (Å²) < 4.78 is 26.5. The molecule has 1 heterocycles. The zero-order valence-electron chi connectivity index (χ0n) is 13.3. The van der Waals surface area contributed by atoms with Gasteiger partial charge in [0.15, 0.2) is 0 Å². The highest BCUT2D eigenvalue weighted by Crippen LogP contribution is 2.21. The van der Waals surface area contributed by atoms with Crippen LogP contribution in [0.1, 0.15) is 40.0 Å². The first-order valence-corrected chi connectivity index (χ1v) is 9.26. The van der Waals surface area contributed by atoms with E-state index in [0.717, 1.165) is 32.5 Å². The van der Waals surface area contributed by atoms with Crippen molar-refractivity contribution in [2.45, 2.75) is 40.0 Å². The van der Waals surface area contributed by atoms with Crippen molar-refractivity contribution in [2.24, 2.45) is 11.1 Å². The van der Waals surface area contributed by atoms with Crippen LogP contribution < -0.4 is 5.73 Å². The summed E-state index contributed by atoms with van der Waals surface area (Å²) in [6.45, 7) is 11.0. The van der Waals surface area contributed by atoms with Crippen molar-refractivity contribution in [3.63, 3.8) is 0 Å². The molecule has 0 aromatic heterocycles. The lowest BCUT2D eigenvalue weighted by molar-refractivity contribution is 0.284. The maximum absolute atomic E-state index is 12.4. The summed E-state index contributed by atoms with van der Waals surface area (Å²) >= 11 is 0. The Labute approximate surface area is 124 Å². The molecule has 120 valence electrons. The molecule has 1 saturated heterocycles. The van der Waals surface area contributed by atoms with E-state index in [1.807, 2.05) is 0 Å². The van der Waals surface area contributed by atoms with Crippen LogP contribution in [-0.2, 0) is 10.0 Å². The van der Waals surface area contributed by atoms with Crippen LogP contribution in [0.2, 0.25) is 0 Å². The molecule has 0 atom stereocenters. The molecular weight excluding hydrogens is 274 g/mol. The van der Waals surface area contributed by atoms with Crippen molar-refractivity contribution in [3.8, 4) is 0 Å². The van der Waals surface area contributed by atoms with E-state index in [-0.39, 0.29) is 11.2 Å². The van der Waals surface area contributed by atoms with Crippen LogP contribution in [0.15, 0.2) is 0 Å². The SMILES string of the molecule is CC(C)(C)CCS(=O)(=O)N1CCCN(CCCN)CC1. The van der Waals surface area contributed by atoms with Gasteiger partial charge in [-0.1, -0.05) is 20.8 Å². The van der Waals surface area contributed by atoms with E-state index < -0.39 is 10.0 Å². The number of hydrogen-bond acceptors (Lipinski definition) is 4. The van der Waals surface area contributed by atoms with E-state index in [0.29, 0.717) is 26.1 Å². The lowest BCUT2D eigenvalue weighted by Gasteiger charge is -2.24. The molecule has 0 spiro atoms. The van der Waals surface area contributed by atoms with Crippen LogP contribution in [0.5, 0.6) is 0 Å². The molecule has 2 N–H and O–H groups in total. The molecule has 1 rings (SSSR count). The van der Waals surface area contributed by atoms with Crippen LogP contribution in [-0.4, -0.2) is 62.6 Å². The molecule has 1 aliphatic rings. The first-order chi connectivity index (χ1) is 9.24. The van der Waals surface area contributed by atoms with Gasteiger partial charge in [0.25, 0.3) is 0 Å². The average molecular weight is 305 g/mol. The summed E-state index contributed by atoms with van der Waals surface area (Å²) in [5, 5.41) is 0. The van der Waals surface area contributed by atoms with Crippen LogP contribution in [0.25, 0.3) is 0 Å². The number of rotatable bonds is 6. The van der Waals surface area contributed by atoms with Gasteiger partial charge < -0.3 is 10.6 Å². The molecule has 20 heavy (non-hydrogen) atoms. The minimum Gasteiger partial charge on any atom is -0.330 e. The maximum atomic E-state index is 12.4. The summed E-state index contributed by atoms with van der Waals surface area (Å²) in [5.74, 6) is 0.263. The molecule has 0 bridgehead atoms. The fourth-order valence-corrected chi connectivity index (χ4v) is 4.22. The smallest absolute Gasteiger partial charge is 0.214 e. The van der Waals surface area contributed by atoms with Crippen molar-refractivity contribution in [3.05, 3.63) is 0 Å². The molecule has 0 saturated carbocycles. The van der Waals surface area contributed by atoms with Crippen molar-refractivity contribution < 1.29 is 8.42 Å². The summed E-state index contributed by atoms with van der Waals surface area (Å²) in [4.78, 5) is 2.33. The summed E-state index contributed by atoms with van der Waals surface area (Å²) in [6, 6.07) is 0. The van der Waals surface area contributed by atoms with Gasteiger partial charge in [0.1, 0.15) is 0 Å². The van der Waals surface area contributed by atoms with Crippen molar-refractivity contribution >= 4 is 10.0 Å². The predicted molar refractivity (Wildman–Crippen MR) is 84.2 cm³/mol. The summed E-state index contributed by atoms with van der Waals surface area (Å²) in [7, 11) is -3.10. The van der Waals surface area contributed by atoms with Gasteiger partial charge in [-0.2, -0.15) is 0 Å². The van der Waals surface area contributed by atoms with Gasteiger partial charge in [0, 0.05) is 19.6 Å². The predicted octanol–water partition coefficient (Wildman–Crippen LogP) is 1.11. The van der Waals surface area contributed by atoms with Gasteiger partial charge in [-0.15, -0.1) is 0 Å². The van der Waals surface area contributed by atoms with Gasteiger partial charge >= 0.3 is 0 Å². The van der Waals surface area contributed by atoms with E-state index in [9.17, 15) is 8.42 Å². The van der Waals surface area contributed by atoms with Gasteiger partial charge in [-0.3, -0.25) is 0 Å². The molecule has 0 aromatic carbocycles. The molecule has 5 nitrogen and oxygen atoms in total. The van der Waals surface area contributed by atoms with Crippen LogP contribution >= 0.6 is 0 Å². The topological polar surface area (TPSA) is 66.6 Å². The minimum absolute atomic E-state index is 0.0616. The second-order valence-corrected chi connectivity index (χ2v) is 8.95. The second-order valence-electron chi connectivity index (χ2n) is 6.86. The molecule has 0 amide bonds. The molecular formula is C14H31N3O2S. The normalized spacial score (nSPS) is 20.0. The van der Waals surface area contributed by atoms with Gasteiger partial charge in [0.2, 0.25) is 10.0 Å². The van der Waals surface area contributed by atoms with Crippen molar-refractivity contribution in [2.75, 3.05) is 45.0 Å². The quantitative estimate of drug-likeness (QED) is 0.798. The first kappa shape index (κ1) is 17.9. The second kappa shape index (κ2) is 7.73. The zero-order chi connectivity index (χ0) is 15.2. The highest BCUT2D eigenvalue weighted by atomic mass is 32.2. The van der Waals surface area contributed by atoms with Crippen LogP contribution in [0.3, 0.4) is 0 Å².